The standard InChI is InChI=1S/C22H31NO4S/c1-2-28-27-21(24)15-14-19-11-7-13-20(17-19)23-22(25)26-16-8-12-18-9-5-3-4-6-10-18/h3-5,9-10,19-20H,2,7-8,11-17H2,1H3,(H,23,25)/t19-,20-/m0/s1. The van der Waals surface area contributed by atoms with Gasteiger partial charge in [0.25, 0.3) is 0 Å². The SMILES string of the molecule is CCSOC(=O)CC[C@@H]1CCC[C@H](NC(=O)OCCCC2=CC=CC=C=C2)C1. The van der Waals surface area contributed by atoms with Crippen LogP contribution in [0.5, 0.6) is 0 Å². The van der Waals surface area contributed by atoms with Crippen molar-refractivity contribution >= 4 is 24.1 Å². The van der Waals surface area contributed by atoms with Crippen LogP contribution in [0.1, 0.15) is 58.3 Å². The second kappa shape index (κ2) is 13.3. The molecule has 0 spiro atoms. The van der Waals surface area contributed by atoms with E-state index in [1.807, 2.05) is 31.2 Å². The minimum atomic E-state index is -0.338. The van der Waals surface area contributed by atoms with Gasteiger partial charge in [-0.1, -0.05) is 38.0 Å². The maximum atomic E-state index is 12.0. The normalized spacial score (nSPS) is 21.0. The van der Waals surface area contributed by atoms with Gasteiger partial charge in [0.05, 0.1) is 18.6 Å². The molecule has 1 N–H and O–H groups in total. The first-order valence-electron chi connectivity index (χ1n) is 10.2. The zero-order valence-corrected chi connectivity index (χ0v) is 17.5. The Bertz CT molecular complexity index is 634. The number of alkyl carbamates (subject to hydrolysis) is 1. The highest BCUT2D eigenvalue weighted by atomic mass is 32.2. The predicted molar refractivity (Wildman–Crippen MR) is 113 cm³/mol. The third kappa shape index (κ3) is 9.34. The third-order valence-corrected chi connectivity index (χ3v) is 5.40. The summed E-state index contributed by atoms with van der Waals surface area (Å²) in [5.74, 6) is 1.07. The van der Waals surface area contributed by atoms with Gasteiger partial charge in [-0.3, -0.25) is 4.79 Å². The second-order valence-electron chi connectivity index (χ2n) is 7.12. The summed E-state index contributed by atoms with van der Waals surface area (Å²) in [4.78, 5) is 23.7. The quantitative estimate of drug-likeness (QED) is 0.305. The summed E-state index contributed by atoms with van der Waals surface area (Å²) in [5.41, 5.74) is 4.26. The van der Waals surface area contributed by atoms with Crippen LogP contribution < -0.4 is 5.32 Å². The van der Waals surface area contributed by atoms with Crippen LogP contribution in [0.25, 0.3) is 0 Å². The smallest absolute Gasteiger partial charge is 0.407 e. The number of hydrogen-bond donors (Lipinski definition) is 1. The molecule has 0 radical (unpaired) electrons. The number of amides is 1. The molecule has 1 amide bonds. The predicted octanol–water partition coefficient (Wildman–Crippen LogP) is 5.25. The Balaban J connectivity index is 1.59. The summed E-state index contributed by atoms with van der Waals surface area (Å²) in [6, 6.07) is 0.134. The van der Waals surface area contributed by atoms with Gasteiger partial charge in [0.1, 0.15) is 0 Å². The highest BCUT2D eigenvalue weighted by molar-refractivity contribution is 7.95. The Labute approximate surface area is 172 Å². The molecule has 0 aromatic carbocycles. The van der Waals surface area contributed by atoms with E-state index in [1.165, 1.54) is 17.6 Å². The van der Waals surface area contributed by atoms with Gasteiger partial charge in [0.2, 0.25) is 0 Å². The third-order valence-electron chi connectivity index (χ3n) is 4.86. The van der Waals surface area contributed by atoms with Crippen LogP contribution >= 0.6 is 12.0 Å². The fraction of sp³-hybridized carbons (Fsp3) is 0.591. The van der Waals surface area contributed by atoms with Crippen molar-refractivity contribution in [2.24, 2.45) is 5.92 Å². The Morgan fingerprint density at radius 2 is 2.21 bits per heavy atom. The van der Waals surface area contributed by atoms with Gasteiger partial charge in [0, 0.05) is 18.2 Å². The highest BCUT2D eigenvalue weighted by Crippen LogP contribution is 2.28. The van der Waals surface area contributed by atoms with E-state index < -0.39 is 0 Å². The van der Waals surface area contributed by atoms with Crippen molar-refractivity contribution in [2.45, 2.75) is 64.3 Å². The van der Waals surface area contributed by atoms with Crippen LogP contribution in [0.2, 0.25) is 0 Å². The van der Waals surface area contributed by atoms with Gasteiger partial charge >= 0.3 is 12.1 Å². The van der Waals surface area contributed by atoms with Gasteiger partial charge in [-0.25, -0.2) is 4.79 Å². The molecule has 154 valence electrons. The summed E-state index contributed by atoms with van der Waals surface area (Å²) >= 11 is 1.19. The van der Waals surface area contributed by atoms with Crippen molar-refractivity contribution in [2.75, 3.05) is 12.4 Å². The molecule has 0 unspecified atom stereocenters. The molecule has 2 atom stereocenters. The fourth-order valence-corrected chi connectivity index (χ4v) is 3.80. The van der Waals surface area contributed by atoms with E-state index in [9.17, 15) is 9.59 Å². The zero-order chi connectivity index (χ0) is 20.0. The maximum absolute atomic E-state index is 12.0. The summed E-state index contributed by atoms with van der Waals surface area (Å²) in [5, 5.41) is 2.99. The number of hydrogen-bond acceptors (Lipinski definition) is 5. The first-order valence-corrected chi connectivity index (χ1v) is 11.1. The minimum Gasteiger partial charge on any atom is -0.450 e. The molecule has 28 heavy (non-hydrogen) atoms. The molecule has 2 aliphatic carbocycles. The molecular formula is C22H31NO4S. The molecule has 0 bridgehead atoms. The minimum absolute atomic E-state index is 0.134. The van der Waals surface area contributed by atoms with Gasteiger partial charge in [-0.15, -0.1) is 5.73 Å². The first kappa shape index (κ1) is 22.4. The van der Waals surface area contributed by atoms with E-state index in [2.05, 4.69) is 17.1 Å². The molecule has 1 fully saturated rings. The van der Waals surface area contributed by atoms with Crippen LogP contribution in [0, 0.1) is 5.92 Å². The van der Waals surface area contributed by atoms with Gasteiger partial charge in [-0.05, 0) is 55.7 Å². The monoisotopic (exact) mass is 405 g/mol. The summed E-state index contributed by atoms with van der Waals surface area (Å²) in [6.07, 6.45) is 16.4. The van der Waals surface area contributed by atoms with Crippen LogP contribution in [0.3, 0.4) is 0 Å². The average molecular weight is 406 g/mol. The van der Waals surface area contributed by atoms with E-state index in [1.54, 1.807) is 0 Å². The van der Waals surface area contributed by atoms with Crippen molar-refractivity contribution in [1.29, 1.82) is 0 Å². The average Bonchev–Trinajstić information content (AvgIpc) is 2.97. The Hall–Kier alpha value is -1.91. The van der Waals surface area contributed by atoms with Crippen molar-refractivity contribution in [1.82, 2.24) is 5.32 Å². The Morgan fingerprint density at radius 3 is 3.07 bits per heavy atom. The lowest BCUT2D eigenvalue weighted by molar-refractivity contribution is -0.133. The number of carbonyl (C=O) groups is 2. The van der Waals surface area contributed by atoms with Crippen LogP contribution in [-0.2, 0) is 13.7 Å². The number of rotatable bonds is 10. The lowest BCUT2D eigenvalue weighted by Gasteiger charge is -2.29. The van der Waals surface area contributed by atoms with Crippen LogP contribution in [0.4, 0.5) is 4.79 Å². The number of allylic oxidation sites excluding steroid dienone is 5. The van der Waals surface area contributed by atoms with Crippen molar-refractivity contribution in [3.05, 3.63) is 41.7 Å². The molecule has 2 aliphatic rings. The van der Waals surface area contributed by atoms with Crippen LogP contribution in [0.15, 0.2) is 41.7 Å². The van der Waals surface area contributed by atoms with E-state index >= 15 is 0 Å². The van der Waals surface area contributed by atoms with Crippen molar-refractivity contribution in [3.63, 3.8) is 0 Å². The molecule has 5 nitrogen and oxygen atoms in total. The molecule has 1 saturated carbocycles. The second-order valence-corrected chi connectivity index (χ2v) is 8.10. The number of carbonyl (C=O) groups excluding carboxylic acids is 2. The van der Waals surface area contributed by atoms with Crippen molar-refractivity contribution < 1.29 is 18.5 Å². The lowest BCUT2D eigenvalue weighted by atomic mass is 9.83. The highest BCUT2D eigenvalue weighted by Gasteiger charge is 2.24. The lowest BCUT2D eigenvalue weighted by Crippen LogP contribution is -2.39. The molecule has 0 aliphatic heterocycles. The van der Waals surface area contributed by atoms with Gasteiger partial charge < -0.3 is 14.2 Å². The van der Waals surface area contributed by atoms with E-state index in [-0.39, 0.29) is 18.1 Å². The molecule has 0 saturated heterocycles. The van der Waals surface area contributed by atoms with Gasteiger partial charge in [0.15, 0.2) is 0 Å². The molecule has 0 aromatic rings. The first-order chi connectivity index (χ1) is 13.7. The zero-order valence-electron chi connectivity index (χ0n) is 16.7. The van der Waals surface area contributed by atoms with Crippen LogP contribution in [-0.4, -0.2) is 30.5 Å². The Morgan fingerprint density at radius 1 is 1.32 bits per heavy atom. The summed E-state index contributed by atoms with van der Waals surface area (Å²) in [6.45, 7) is 2.36. The fourth-order valence-electron chi connectivity index (χ4n) is 3.47. The number of ether oxygens (including phenoxy) is 1. The molecule has 2 rings (SSSR count). The molecule has 6 heteroatoms. The Kier molecular flexibility index (Phi) is 10.6. The van der Waals surface area contributed by atoms with Gasteiger partial charge in [-0.2, -0.15) is 0 Å². The largest absolute Gasteiger partial charge is 0.450 e. The topological polar surface area (TPSA) is 64.6 Å². The van der Waals surface area contributed by atoms with E-state index in [0.717, 1.165) is 50.7 Å². The maximum Gasteiger partial charge on any atom is 0.407 e. The summed E-state index contributed by atoms with van der Waals surface area (Å²) in [7, 11) is 0. The molecule has 0 heterocycles. The molecule has 0 aromatic heterocycles. The van der Waals surface area contributed by atoms with E-state index in [0.29, 0.717) is 18.9 Å². The summed E-state index contributed by atoms with van der Waals surface area (Å²) < 4.78 is 10.4. The van der Waals surface area contributed by atoms with E-state index in [4.69, 9.17) is 8.92 Å². The van der Waals surface area contributed by atoms with Crippen molar-refractivity contribution in [3.8, 4) is 0 Å². The molecular weight excluding hydrogens is 374 g/mol. The number of nitrogens with one attached hydrogen (secondary N) is 1.